The number of carbonyl (C=O) groups is 3. The molecule has 0 radical (unpaired) electrons. The van der Waals surface area contributed by atoms with Crippen LogP contribution >= 0.6 is 0 Å². The molecule has 6 aliphatic rings. The van der Waals surface area contributed by atoms with Crippen LogP contribution in [0.15, 0.2) is 0 Å². The molecule has 12 heteroatoms. The van der Waals surface area contributed by atoms with E-state index in [-0.39, 0.29) is 12.3 Å². The smallest absolute Gasteiger partial charge is 0.407 e. The van der Waals surface area contributed by atoms with E-state index in [9.17, 15) is 24.6 Å². The fourth-order valence-electron chi connectivity index (χ4n) is 7.90. The van der Waals surface area contributed by atoms with Crippen molar-refractivity contribution in [3.05, 3.63) is 0 Å². The van der Waals surface area contributed by atoms with Crippen molar-refractivity contribution < 1.29 is 43.8 Å². The van der Waals surface area contributed by atoms with Gasteiger partial charge < -0.3 is 30.3 Å². The van der Waals surface area contributed by atoms with Gasteiger partial charge in [0.15, 0.2) is 6.10 Å². The Morgan fingerprint density at radius 3 is 2.31 bits per heavy atom. The van der Waals surface area contributed by atoms with Crippen LogP contribution in [0.5, 0.6) is 0 Å². The number of aliphatic hydroxyl groups excluding tert-OH is 1. The Labute approximate surface area is 237 Å². The highest BCUT2D eigenvalue weighted by molar-refractivity contribution is 6.09. The zero-order chi connectivity index (χ0) is 27.9. The molecule has 1 saturated heterocycles. The van der Waals surface area contributed by atoms with Gasteiger partial charge >= 0.3 is 12.1 Å². The number of aliphatic hydroxyl groups is 1. The highest BCUT2D eigenvalue weighted by atomic mass is 27.0. The average Bonchev–Trinajstić information content (AvgIpc) is 3.23. The molecule has 0 aromatic rings. The summed E-state index contributed by atoms with van der Waals surface area (Å²) >= 11 is 0.598. The number of carboxylic acid groups (broad SMARTS) is 1. The molecule has 5 saturated carbocycles. The van der Waals surface area contributed by atoms with E-state index in [1.807, 2.05) is 13.8 Å². The van der Waals surface area contributed by atoms with Crippen LogP contribution in [-0.4, -0.2) is 80.3 Å². The van der Waals surface area contributed by atoms with E-state index in [0.717, 1.165) is 43.9 Å². The van der Waals surface area contributed by atoms with Crippen molar-refractivity contribution in [1.29, 1.82) is 0 Å². The van der Waals surface area contributed by atoms with E-state index in [0.29, 0.717) is 52.7 Å². The van der Waals surface area contributed by atoms with Crippen molar-refractivity contribution in [2.24, 2.45) is 29.6 Å². The van der Waals surface area contributed by atoms with E-state index in [4.69, 9.17) is 19.2 Å². The summed E-state index contributed by atoms with van der Waals surface area (Å²) < 4.78 is 12.4. The molecule has 4 bridgehead atoms. The molecule has 1 unspecified atom stereocenters. The third kappa shape index (κ3) is 5.97. The van der Waals surface area contributed by atoms with Crippen molar-refractivity contribution in [3.63, 3.8) is 0 Å². The second-order valence-corrected chi connectivity index (χ2v) is 13.8. The molecule has 39 heavy (non-hydrogen) atoms. The number of carboxylic acids is 1. The van der Waals surface area contributed by atoms with Gasteiger partial charge in [-0.1, -0.05) is 19.1 Å². The molecular weight excluding hydrogens is 523 g/mol. The first-order chi connectivity index (χ1) is 18.5. The van der Waals surface area contributed by atoms with Crippen molar-refractivity contribution in [2.45, 2.75) is 119 Å². The van der Waals surface area contributed by atoms with Crippen LogP contribution in [0.3, 0.4) is 0 Å². The quantitative estimate of drug-likeness (QED) is 0.242. The summed E-state index contributed by atoms with van der Waals surface area (Å²) in [6.07, 6.45) is 5.70. The van der Waals surface area contributed by atoms with Crippen LogP contribution in [0.1, 0.15) is 78.1 Å². The largest absolute Gasteiger partial charge is 0.480 e. The number of hydrogen-bond donors (Lipinski definition) is 4. The lowest BCUT2D eigenvalue weighted by molar-refractivity contribution is -0.390. The van der Waals surface area contributed by atoms with Gasteiger partial charge in [0.25, 0.3) is 5.91 Å². The summed E-state index contributed by atoms with van der Waals surface area (Å²) in [4.78, 5) is 48.9. The zero-order valence-electron chi connectivity index (χ0n) is 23.2. The lowest BCUT2D eigenvalue weighted by Crippen LogP contribution is -2.59. The van der Waals surface area contributed by atoms with Crippen LogP contribution in [-0.2, 0) is 28.8 Å². The Kier molecular flexibility index (Phi) is 8.55. The van der Waals surface area contributed by atoms with Crippen LogP contribution in [0.2, 0.25) is 5.28 Å². The minimum Gasteiger partial charge on any atom is -0.480 e. The maximum atomic E-state index is 12.8. The minimum atomic E-state index is -1.59. The van der Waals surface area contributed by atoms with Gasteiger partial charge in [-0.05, 0) is 69.1 Å². The van der Waals surface area contributed by atoms with Crippen LogP contribution in [0, 0.1) is 29.6 Å². The van der Waals surface area contributed by atoms with Crippen molar-refractivity contribution >= 4 is 34.3 Å². The summed E-state index contributed by atoms with van der Waals surface area (Å²) in [7, 11) is 0. The number of alkyl carbamates (subject to hydrolysis) is 1. The minimum absolute atomic E-state index is 0.0428. The molecule has 5 aliphatic carbocycles. The van der Waals surface area contributed by atoms with Crippen molar-refractivity contribution in [2.75, 3.05) is 0 Å². The number of amides is 2. The van der Waals surface area contributed by atoms with Gasteiger partial charge in [-0.2, -0.15) is 9.78 Å². The first kappa shape index (κ1) is 29.1. The van der Waals surface area contributed by atoms with Gasteiger partial charge in [0.05, 0.1) is 6.04 Å². The summed E-state index contributed by atoms with van der Waals surface area (Å²) in [5.74, 6) is -1.33. The summed E-state index contributed by atoms with van der Waals surface area (Å²) in [6, 6.07) is -1.99. The first-order valence-corrected chi connectivity index (χ1v) is 16.2. The predicted octanol–water partition coefficient (Wildman–Crippen LogP) is 1.88. The van der Waals surface area contributed by atoms with Gasteiger partial charge in [0.2, 0.25) is 27.9 Å². The van der Waals surface area contributed by atoms with E-state index < -0.39 is 53.8 Å². The zero-order valence-corrected chi connectivity index (χ0v) is 25.2. The van der Waals surface area contributed by atoms with E-state index in [1.165, 1.54) is 6.42 Å². The monoisotopic (exact) mass is 566 g/mol. The van der Waals surface area contributed by atoms with E-state index in [2.05, 4.69) is 10.6 Å². The molecule has 11 nitrogen and oxygen atoms in total. The summed E-state index contributed by atoms with van der Waals surface area (Å²) in [5, 5.41) is 25.4. The van der Waals surface area contributed by atoms with Crippen molar-refractivity contribution in [1.82, 2.24) is 10.6 Å². The third-order valence-electron chi connectivity index (χ3n) is 9.56. The maximum absolute atomic E-state index is 12.8. The number of rotatable bonds is 9. The van der Waals surface area contributed by atoms with Crippen LogP contribution in [0.4, 0.5) is 4.79 Å². The number of aliphatic carboxylic acids is 1. The van der Waals surface area contributed by atoms with Crippen LogP contribution < -0.4 is 10.6 Å². The Hall–Kier alpha value is -1.42. The number of carbonyl (C=O) groups excluding carboxylic acids is 2. The lowest BCUT2D eigenvalue weighted by Gasteiger charge is -2.57. The van der Waals surface area contributed by atoms with Gasteiger partial charge in [0, 0.05) is 24.7 Å². The molecule has 0 aromatic carbocycles. The van der Waals surface area contributed by atoms with Crippen molar-refractivity contribution in [3.8, 4) is 0 Å². The molecule has 4 N–H and O–H groups in total. The molecule has 1 heterocycles. The molecule has 6 rings (SSSR count). The highest BCUT2D eigenvalue weighted by Gasteiger charge is 2.67. The molecule has 218 valence electrons. The molecule has 6 fully saturated rings. The molecule has 2 amide bonds. The maximum Gasteiger partial charge on any atom is 0.407 e. The van der Waals surface area contributed by atoms with Gasteiger partial charge in [0.1, 0.15) is 12.1 Å². The Balaban J connectivity index is 1.15. The van der Waals surface area contributed by atoms with Gasteiger partial charge in [-0.15, -0.1) is 0 Å². The lowest BCUT2D eigenvalue weighted by atomic mass is 9.53. The molecule has 5 atom stereocenters. The number of hydrogen-bond acceptors (Lipinski definition) is 8. The number of ether oxygens (including phenoxy) is 2. The second kappa shape index (κ2) is 11.5. The summed E-state index contributed by atoms with van der Waals surface area (Å²) in [5.41, 5.74) is 0. The molecule has 2 spiro atoms. The molecular formula is C27H43AlN2O9. The second-order valence-electron chi connectivity index (χ2n) is 13.0. The highest BCUT2D eigenvalue weighted by Crippen LogP contribution is 2.63. The predicted molar refractivity (Wildman–Crippen MR) is 140 cm³/mol. The standard InChI is InChI=1S/C27H41N2O9.Al.2H/c1-14(2)7-21(24(32)33)29-23(31)22(30)15(3)28-25(34)35-20-5-4-6-26(13-20)36-27(38-37-26)18-9-16-8-17(11-18)12-19(27)10-16;;;/h14-22,30H,3-13H2,1-2H3,(H,28,34)(H,29,31)(H,32,33);;;/t15-,16?,17?,18?,19?,20?,21+,22+,26-,27?;;;/m1.../s1. The van der Waals surface area contributed by atoms with E-state index in [1.54, 1.807) is 0 Å². The summed E-state index contributed by atoms with van der Waals surface area (Å²) in [6.45, 7) is 3.70. The first-order valence-electron chi connectivity index (χ1n) is 14.8. The van der Waals surface area contributed by atoms with E-state index >= 15 is 0 Å². The normalized spacial score (nSPS) is 39.0. The average molecular weight is 567 g/mol. The fraction of sp³-hybridized carbons (Fsp3) is 0.889. The Morgan fingerprint density at radius 1 is 1.05 bits per heavy atom. The fourth-order valence-corrected chi connectivity index (χ4v) is 8.55. The molecule has 0 aromatic heterocycles. The van der Waals surface area contributed by atoms with Crippen LogP contribution in [0.25, 0.3) is 0 Å². The van der Waals surface area contributed by atoms with Gasteiger partial charge in [-0.3, -0.25) is 4.79 Å². The SMILES string of the molecule is CC(C)C[C@H](NC(=O)[C@@H](O)[C@@H]([CH2][AlH2])NC(=O)OC1CCC[C@]2(C1)OOC1(O2)C2CC3CC(C2)CC1C3)C(=O)O. The van der Waals surface area contributed by atoms with Gasteiger partial charge in [-0.25, -0.2) is 9.59 Å². The molecule has 1 aliphatic heterocycles. The topological polar surface area (TPSA) is 153 Å². The Morgan fingerprint density at radius 2 is 1.72 bits per heavy atom. The third-order valence-corrected chi connectivity index (χ3v) is 10.4. The number of nitrogens with one attached hydrogen (secondary N) is 2. The Bertz CT molecular complexity index is 920.